The van der Waals surface area contributed by atoms with Crippen LogP contribution in [0.15, 0.2) is 53.0 Å². The number of ketones is 1. The number of hydrogen-bond acceptors (Lipinski definition) is 4. The Morgan fingerprint density at radius 1 is 1.12 bits per heavy atom. The van der Waals surface area contributed by atoms with Gasteiger partial charge in [0.05, 0.1) is 14.2 Å². The smallest absolute Gasteiger partial charge is 0.195 e. The standard InChI is InChI=1S/C18H11Cl3O3S/c19-11-1-6-16(14(20)9-11)23-10-13-3-2-12(24-13)4-5-15(22)17-7-8-18(21)25-17/h1-9H,10H2/b5-4+. The Morgan fingerprint density at radius 3 is 2.68 bits per heavy atom. The quantitative estimate of drug-likeness (QED) is 0.330. The van der Waals surface area contributed by atoms with Gasteiger partial charge in [-0.3, -0.25) is 4.79 Å². The maximum absolute atomic E-state index is 12.0. The SMILES string of the molecule is O=C(/C=C/c1ccc(COc2ccc(Cl)cc2Cl)o1)c1ccc(Cl)s1. The van der Waals surface area contributed by atoms with Gasteiger partial charge in [0.1, 0.15) is 23.9 Å². The van der Waals surface area contributed by atoms with Gasteiger partial charge < -0.3 is 9.15 Å². The molecule has 0 N–H and O–H groups in total. The summed E-state index contributed by atoms with van der Waals surface area (Å²) < 4.78 is 11.8. The Morgan fingerprint density at radius 2 is 1.96 bits per heavy atom. The number of furan rings is 1. The van der Waals surface area contributed by atoms with Crippen LogP contribution in [0.2, 0.25) is 14.4 Å². The van der Waals surface area contributed by atoms with E-state index in [0.717, 1.165) is 0 Å². The Balaban J connectivity index is 1.60. The molecule has 0 aliphatic rings. The lowest BCUT2D eigenvalue weighted by Gasteiger charge is -2.06. The summed E-state index contributed by atoms with van der Waals surface area (Å²) in [4.78, 5) is 12.6. The van der Waals surface area contributed by atoms with Crippen LogP contribution in [0.1, 0.15) is 21.2 Å². The minimum absolute atomic E-state index is 0.126. The minimum Gasteiger partial charge on any atom is -0.484 e. The molecule has 0 aliphatic heterocycles. The van der Waals surface area contributed by atoms with Gasteiger partial charge in [0.25, 0.3) is 0 Å². The van der Waals surface area contributed by atoms with Crippen molar-refractivity contribution >= 4 is 58.0 Å². The molecule has 0 saturated heterocycles. The molecule has 7 heteroatoms. The second-order valence-corrected chi connectivity index (χ2v) is 7.53. The van der Waals surface area contributed by atoms with Crippen LogP contribution in [0.3, 0.4) is 0 Å². The molecule has 3 nitrogen and oxygen atoms in total. The summed E-state index contributed by atoms with van der Waals surface area (Å²) in [5.41, 5.74) is 0. The van der Waals surface area contributed by atoms with E-state index < -0.39 is 0 Å². The monoisotopic (exact) mass is 412 g/mol. The fraction of sp³-hybridized carbons (Fsp3) is 0.0556. The van der Waals surface area contributed by atoms with Gasteiger partial charge >= 0.3 is 0 Å². The molecule has 0 saturated carbocycles. The largest absolute Gasteiger partial charge is 0.484 e. The van der Waals surface area contributed by atoms with E-state index in [4.69, 9.17) is 44.0 Å². The molecule has 0 fully saturated rings. The van der Waals surface area contributed by atoms with Crippen LogP contribution in [0.4, 0.5) is 0 Å². The number of halogens is 3. The van der Waals surface area contributed by atoms with Crippen molar-refractivity contribution in [2.45, 2.75) is 6.61 Å². The van der Waals surface area contributed by atoms with E-state index in [1.54, 1.807) is 48.5 Å². The van der Waals surface area contributed by atoms with E-state index in [-0.39, 0.29) is 12.4 Å². The Kier molecular flexibility index (Phi) is 5.86. The summed E-state index contributed by atoms with van der Waals surface area (Å²) in [5, 5.41) is 0.971. The van der Waals surface area contributed by atoms with E-state index in [9.17, 15) is 4.79 Å². The first kappa shape index (κ1) is 18.1. The highest BCUT2D eigenvalue weighted by Crippen LogP contribution is 2.28. The van der Waals surface area contributed by atoms with E-state index >= 15 is 0 Å². The molecule has 0 amide bonds. The van der Waals surface area contributed by atoms with Crippen molar-refractivity contribution in [2.24, 2.45) is 0 Å². The summed E-state index contributed by atoms with van der Waals surface area (Å²) in [7, 11) is 0. The normalized spacial score (nSPS) is 11.2. The van der Waals surface area contributed by atoms with Gasteiger partial charge in [0.15, 0.2) is 5.78 Å². The highest BCUT2D eigenvalue weighted by Gasteiger charge is 2.07. The van der Waals surface area contributed by atoms with Gasteiger partial charge in [0.2, 0.25) is 0 Å². The van der Waals surface area contributed by atoms with Crippen molar-refractivity contribution in [1.82, 2.24) is 0 Å². The topological polar surface area (TPSA) is 39.4 Å². The van der Waals surface area contributed by atoms with Gasteiger partial charge in [-0.2, -0.15) is 0 Å². The number of rotatable bonds is 6. The zero-order chi connectivity index (χ0) is 17.8. The molecular formula is C18H11Cl3O3S. The maximum atomic E-state index is 12.0. The molecule has 2 heterocycles. The summed E-state index contributed by atoms with van der Waals surface area (Å²) in [6.45, 7) is 0.212. The van der Waals surface area contributed by atoms with Crippen molar-refractivity contribution in [3.8, 4) is 5.75 Å². The third kappa shape index (κ3) is 4.89. The maximum Gasteiger partial charge on any atom is 0.195 e. The molecule has 128 valence electrons. The molecule has 3 aromatic rings. The van der Waals surface area contributed by atoms with Crippen molar-refractivity contribution in [3.05, 3.63) is 79.3 Å². The van der Waals surface area contributed by atoms with Gasteiger partial charge in [-0.25, -0.2) is 0 Å². The lowest BCUT2D eigenvalue weighted by Crippen LogP contribution is -1.94. The summed E-state index contributed by atoms with van der Waals surface area (Å²) in [5.74, 6) is 1.55. The number of ether oxygens (including phenoxy) is 1. The predicted octanol–water partition coefficient (Wildman–Crippen LogP) is 6.78. The van der Waals surface area contributed by atoms with E-state index in [0.29, 0.717) is 36.5 Å². The lowest BCUT2D eigenvalue weighted by atomic mass is 10.3. The zero-order valence-electron chi connectivity index (χ0n) is 12.7. The third-order valence-corrected chi connectivity index (χ3v) is 4.94. The van der Waals surface area contributed by atoms with Crippen LogP contribution in [0, 0.1) is 0 Å². The second-order valence-electron chi connectivity index (χ2n) is 4.97. The first-order valence-electron chi connectivity index (χ1n) is 7.15. The van der Waals surface area contributed by atoms with Gasteiger partial charge in [0, 0.05) is 5.02 Å². The van der Waals surface area contributed by atoms with Crippen LogP contribution < -0.4 is 4.74 Å². The highest BCUT2D eigenvalue weighted by molar-refractivity contribution is 7.18. The predicted molar refractivity (Wildman–Crippen MR) is 102 cm³/mol. The number of benzene rings is 1. The fourth-order valence-electron chi connectivity index (χ4n) is 1.99. The number of thiophene rings is 1. The summed E-state index contributed by atoms with van der Waals surface area (Å²) in [6, 6.07) is 11.9. The van der Waals surface area contributed by atoms with Crippen LogP contribution in [-0.2, 0) is 6.61 Å². The summed E-state index contributed by atoms with van der Waals surface area (Å²) >= 11 is 19.0. The minimum atomic E-state index is -0.126. The molecule has 0 aliphatic carbocycles. The first-order valence-corrected chi connectivity index (χ1v) is 9.10. The molecule has 0 radical (unpaired) electrons. The van der Waals surface area contributed by atoms with Crippen molar-refractivity contribution < 1.29 is 13.9 Å². The Labute approximate surface area is 163 Å². The van der Waals surface area contributed by atoms with Gasteiger partial charge in [-0.1, -0.05) is 34.8 Å². The average Bonchev–Trinajstić information content (AvgIpc) is 3.21. The second kappa shape index (κ2) is 8.11. The van der Waals surface area contributed by atoms with Crippen LogP contribution in [0.25, 0.3) is 6.08 Å². The molecule has 0 atom stereocenters. The van der Waals surface area contributed by atoms with Crippen molar-refractivity contribution in [3.63, 3.8) is 0 Å². The van der Waals surface area contributed by atoms with Crippen LogP contribution in [-0.4, -0.2) is 5.78 Å². The number of carbonyl (C=O) groups excluding carboxylic acids is 1. The molecular weight excluding hydrogens is 403 g/mol. The van der Waals surface area contributed by atoms with Gasteiger partial charge in [-0.15, -0.1) is 11.3 Å². The number of hydrogen-bond donors (Lipinski definition) is 0. The molecule has 0 bridgehead atoms. The number of allylic oxidation sites excluding steroid dienone is 1. The van der Waals surface area contributed by atoms with E-state index in [1.807, 2.05) is 0 Å². The third-order valence-electron chi connectivity index (χ3n) is 3.16. The fourth-order valence-corrected chi connectivity index (χ4v) is 3.42. The van der Waals surface area contributed by atoms with Crippen molar-refractivity contribution in [2.75, 3.05) is 0 Å². The molecule has 1 aromatic carbocycles. The van der Waals surface area contributed by atoms with E-state index in [2.05, 4.69) is 0 Å². The summed E-state index contributed by atoms with van der Waals surface area (Å²) in [6.07, 6.45) is 3.05. The van der Waals surface area contributed by atoms with Crippen LogP contribution in [0.5, 0.6) is 5.75 Å². The van der Waals surface area contributed by atoms with E-state index in [1.165, 1.54) is 17.4 Å². The molecule has 0 unspecified atom stereocenters. The van der Waals surface area contributed by atoms with Crippen molar-refractivity contribution in [1.29, 1.82) is 0 Å². The average molecular weight is 414 g/mol. The first-order chi connectivity index (χ1) is 12.0. The highest BCUT2D eigenvalue weighted by atomic mass is 35.5. The Hall–Kier alpha value is -1.72. The van der Waals surface area contributed by atoms with Gasteiger partial charge in [-0.05, 0) is 54.6 Å². The molecule has 2 aromatic heterocycles. The Bertz CT molecular complexity index is 927. The number of carbonyl (C=O) groups is 1. The van der Waals surface area contributed by atoms with Crippen LogP contribution >= 0.6 is 46.1 Å². The molecule has 25 heavy (non-hydrogen) atoms. The molecule has 3 rings (SSSR count). The zero-order valence-corrected chi connectivity index (χ0v) is 15.8. The molecule has 0 spiro atoms. The lowest BCUT2D eigenvalue weighted by molar-refractivity contribution is 0.105.